The molecular formula is C30H40ClN9O3. The van der Waals surface area contributed by atoms with Crippen molar-refractivity contribution in [3.63, 3.8) is 0 Å². The number of aromatic nitrogens is 4. The van der Waals surface area contributed by atoms with Gasteiger partial charge in [0.2, 0.25) is 5.95 Å². The summed E-state index contributed by atoms with van der Waals surface area (Å²) in [5.41, 5.74) is 6.40. The van der Waals surface area contributed by atoms with Crippen LogP contribution < -0.4 is 15.7 Å². The van der Waals surface area contributed by atoms with Crippen molar-refractivity contribution in [3.05, 3.63) is 35.2 Å². The number of fused-ring (bicyclic) bond motifs is 1. The fourth-order valence-corrected chi connectivity index (χ4v) is 6.95. The van der Waals surface area contributed by atoms with E-state index >= 15 is 0 Å². The molecule has 3 aliphatic rings. The fourth-order valence-electron chi connectivity index (χ4n) is 6.77. The third-order valence-corrected chi connectivity index (χ3v) is 9.12. The first-order valence-electron chi connectivity index (χ1n) is 15.1. The van der Waals surface area contributed by atoms with E-state index < -0.39 is 12.3 Å². The van der Waals surface area contributed by atoms with Crippen LogP contribution in [-0.2, 0) is 11.4 Å². The number of rotatable bonds is 5. The molecule has 3 fully saturated rings. The van der Waals surface area contributed by atoms with E-state index in [2.05, 4.69) is 46.0 Å². The summed E-state index contributed by atoms with van der Waals surface area (Å²) in [6, 6.07) is 3.84. The molecular weight excluding hydrogens is 570 g/mol. The number of carbonyl (C=O) groups excluding carboxylic acids is 2. The number of nitrogens with one attached hydrogen (secondary N) is 2. The highest BCUT2D eigenvalue weighted by Crippen LogP contribution is 2.38. The van der Waals surface area contributed by atoms with Crippen LogP contribution >= 0.6 is 11.6 Å². The molecule has 0 bridgehead atoms. The number of piperazine rings is 1. The summed E-state index contributed by atoms with van der Waals surface area (Å²) >= 11 is 6.42. The zero-order valence-corrected chi connectivity index (χ0v) is 26.1. The second kappa shape index (κ2) is 11.8. The quantitative estimate of drug-likeness (QED) is 0.423. The van der Waals surface area contributed by atoms with Crippen molar-refractivity contribution in [2.45, 2.75) is 71.2 Å². The molecule has 3 aromatic heterocycles. The predicted octanol–water partition coefficient (Wildman–Crippen LogP) is 4.80. The van der Waals surface area contributed by atoms with Crippen molar-refractivity contribution >= 4 is 40.7 Å². The van der Waals surface area contributed by atoms with Crippen LogP contribution in [0.3, 0.4) is 0 Å². The van der Waals surface area contributed by atoms with Gasteiger partial charge in [-0.25, -0.2) is 19.6 Å². The molecule has 3 atom stereocenters. The Kier molecular flexibility index (Phi) is 8.08. The summed E-state index contributed by atoms with van der Waals surface area (Å²) in [7, 11) is 3.58. The lowest BCUT2D eigenvalue weighted by Crippen LogP contribution is -2.60. The van der Waals surface area contributed by atoms with Crippen LogP contribution in [0.5, 0.6) is 0 Å². The second-order valence-corrected chi connectivity index (χ2v) is 13.0. The number of hydroxylamine groups is 1. The van der Waals surface area contributed by atoms with Crippen molar-refractivity contribution in [1.82, 2.24) is 40.1 Å². The first-order chi connectivity index (χ1) is 20.6. The standard InChI is InChI=1S/C30H40ClN9O3/c1-17-6-8-20(9-7-17)16-39-26-23(34-28(39)40-18(2)14-38(15-19(40)3)30(42)37(4)5)11-24(27-35-29(41)43-36-27)33-25(26)21-10-22(31)13-32-12-21/h10-13,17-20,27,36H,6-9,14-16H2,1-5H3,(H,35,41)/t17?,18-,19-,20?,27?/m1/s1. The van der Waals surface area contributed by atoms with Gasteiger partial charge in [-0.3, -0.25) is 10.3 Å². The molecule has 2 saturated heterocycles. The molecule has 2 aliphatic heterocycles. The molecule has 12 nitrogen and oxygen atoms in total. The molecule has 1 saturated carbocycles. The monoisotopic (exact) mass is 609 g/mol. The molecule has 6 rings (SSSR count). The van der Waals surface area contributed by atoms with Crippen LogP contribution in [0.25, 0.3) is 22.3 Å². The minimum atomic E-state index is -0.630. The van der Waals surface area contributed by atoms with Crippen molar-refractivity contribution in [2.24, 2.45) is 11.8 Å². The van der Waals surface area contributed by atoms with E-state index in [0.717, 1.165) is 47.8 Å². The molecule has 2 N–H and O–H groups in total. The van der Waals surface area contributed by atoms with Crippen LogP contribution in [0.2, 0.25) is 5.02 Å². The first-order valence-corrected chi connectivity index (χ1v) is 15.5. The van der Waals surface area contributed by atoms with Crippen LogP contribution in [-0.4, -0.2) is 80.7 Å². The number of hydrogen-bond acceptors (Lipinski definition) is 8. The molecule has 5 heterocycles. The van der Waals surface area contributed by atoms with Gasteiger partial charge < -0.3 is 24.1 Å². The third kappa shape index (κ3) is 5.82. The third-order valence-electron chi connectivity index (χ3n) is 8.91. The Morgan fingerprint density at radius 3 is 2.42 bits per heavy atom. The zero-order valence-electron chi connectivity index (χ0n) is 25.4. The summed E-state index contributed by atoms with van der Waals surface area (Å²) in [5.74, 6) is 2.11. The molecule has 0 spiro atoms. The summed E-state index contributed by atoms with van der Waals surface area (Å²) in [6.45, 7) is 8.63. The number of amides is 3. The lowest BCUT2D eigenvalue weighted by Gasteiger charge is -2.45. The van der Waals surface area contributed by atoms with Gasteiger partial charge in [-0.1, -0.05) is 31.4 Å². The van der Waals surface area contributed by atoms with Crippen molar-refractivity contribution < 1.29 is 14.4 Å². The Morgan fingerprint density at radius 1 is 1.07 bits per heavy atom. The summed E-state index contributed by atoms with van der Waals surface area (Å²) in [5, 5.41) is 3.26. The van der Waals surface area contributed by atoms with Crippen molar-refractivity contribution in [1.29, 1.82) is 0 Å². The Balaban J connectivity index is 1.51. The van der Waals surface area contributed by atoms with Crippen LogP contribution in [0.1, 0.15) is 58.3 Å². The summed E-state index contributed by atoms with van der Waals surface area (Å²) < 4.78 is 2.33. The van der Waals surface area contributed by atoms with Gasteiger partial charge >= 0.3 is 12.1 Å². The van der Waals surface area contributed by atoms with Gasteiger partial charge in [-0.15, -0.1) is 5.48 Å². The van der Waals surface area contributed by atoms with Gasteiger partial charge in [0.1, 0.15) is 0 Å². The van der Waals surface area contributed by atoms with E-state index in [1.54, 1.807) is 31.4 Å². The van der Waals surface area contributed by atoms with E-state index in [4.69, 9.17) is 26.4 Å². The first kappa shape index (κ1) is 29.4. The molecule has 1 unspecified atom stereocenters. The average Bonchev–Trinajstić information content (AvgIpc) is 3.56. The van der Waals surface area contributed by atoms with Crippen LogP contribution in [0.15, 0.2) is 24.5 Å². The largest absolute Gasteiger partial charge is 0.427 e. The SMILES string of the molecule is CC1CCC(Cn2c(N3[C@H](C)CN(C(=O)N(C)C)C[C@H]3C)nc3cc(C4NOC(=O)N4)nc(-c4cncc(Cl)c4)c32)CC1. The van der Waals surface area contributed by atoms with Crippen molar-refractivity contribution in [2.75, 3.05) is 32.1 Å². The number of imidazole rings is 1. The summed E-state index contributed by atoms with van der Waals surface area (Å²) in [4.78, 5) is 50.3. The smallest absolute Gasteiger partial charge is 0.351 e. The fraction of sp³-hybridized carbons (Fsp3) is 0.567. The molecule has 0 aromatic carbocycles. The molecule has 230 valence electrons. The Bertz CT molecular complexity index is 1510. The highest BCUT2D eigenvalue weighted by molar-refractivity contribution is 6.30. The maximum atomic E-state index is 12.9. The number of carbonyl (C=O) groups is 2. The number of urea groups is 1. The van der Waals surface area contributed by atoms with Gasteiger partial charge in [0.25, 0.3) is 0 Å². The van der Waals surface area contributed by atoms with Gasteiger partial charge in [0.15, 0.2) is 6.17 Å². The topological polar surface area (TPSA) is 121 Å². The minimum Gasteiger partial charge on any atom is -0.351 e. The highest BCUT2D eigenvalue weighted by Gasteiger charge is 2.37. The molecule has 3 aromatic rings. The molecule has 13 heteroatoms. The van der Waals surface area contributed by atoms with Gasteiger partial charge in [-0.05, 0) is 50.7 Å². The van der Waals surface area contributed by atoms with Crippen molar-refractivity contribution in [3.8, 4) is 11.3 Å². The van der Waals surface area contributed by atoms with Gasteiger partial charge in [0, 0.05) is 63.8 Å². The van der Waals surface area contributed by atoms with Crippen LogP contribution in [0.4, 0.5) is 15.5 Å². The average molecular weight is 610 g/mol. The molecule has 1 aliphatic carbocycles. The van der Waals surface area contributed by atoms with Gasteiger partial charge in [-0.2, -0.15) is 0 Å². The normalized spacial score (nSPS) is 26.0. The van der Waals surface area contributed by atoms with E-state index in [9.17, 15) is 9.59 Å². The van der Waals surface area contributed by atoms with Gasteiger partial charge in [0.05, 0.1) is 27.4 Å². The Labute approximate surface area is 256 Å². The van der Waals surface area contributed by atoms with E-state index in [1.165, 1.54) is 12.8 Å². The number of halogens is 1. The molecule has 0 radical (unpaired) electrons. The highest BCUT2D eigenvalue weighted by atomic mass is 35.5. The number of hydrogen-bond donors (Lipinski definition) is 2. The maximum absolute atomic E-state index is 12.9. The predicted molar refractivity (Wildman–Crippen MR) is 164 cm³/mol. The summed E-state index contributed by atoms with van der Waals surface area (Å²) in [6.07, 6.45) is 6.90. The van der Waals surface area contributed by atoms with E-state index in [1.807, 2.05) is 17.0 Å². The Hall–Kier alpha value is -3.64. The van der Waals surface area contributed by atoms with E-state index in [-0.39, 0.29) is 18.1 Å². The zero-order chi connectivity index (χ0) is 30.4. The number of anilines is 1. The minimum absolute atomic E-state index is 0.0149. The number of pyridine rings is 2. The Morgan fingerprint density at radius 2 is 1.79 bits per heavy atom. The van der Waals surface area contributed by atoms with Crippen LogP contribution in [0, 0.1) is 11.8 Å². The molecule has 3 amide bonds. The van der Waals surface area contributed by atoms with E-state index in [0.29, 0.717) is 35.4 Å². The maximum Gasteiger partial charge on any atom is 0.427 e. The number of nitrogens with zero attached hydrogens (tertiary/aromatic N) is 7. The lowest BCUT2D eigenvalue weighted by atomic mass is 9.83. The second-order valence-electron chi connectivity index (χ2n) is 12.6. The lowest BCUT2D eigenvalue weighted by molar-refractivity contribution is 0.121. The molecule has 43 heavy (non-hydrogen) atoms.